The molecule has 0 bridgehead atoms. The molecule has 5 nitrogen and oxygen atoms in total. The second-order valence-electron chi connectivity index (χ2n) is 7.85. The molecule has 1 amide bonds. The van der Waals surface area contributed by atoms with Crippen molar-refractivity contribution in [3.63, 3.8) is 0 Å². The van der Waals surface area contributed by atoms with E-state index in [0.29, 0.717) is 35.9 Å². The van der Waals surface area contributed by atoms with Gasteiger partial charge in [-0.25, -0.2) is 4.98 Å². The molecule has 1 aromatic heterocycles. The van der Waals surface area contributed by atoms with Crippen molar-refractivity contribution in [2.45, 2.75) is 58.3 Å². The van der Waals surface area contributed by atoms with Crippen LogP contribution in [0.4, 0.5) is 5.13 Å². The third kappa shape index (κ3) is 5.16. The number of anilines is 1. The fourth-order valence-electron chi connectivity index (χ4n) is 2.98. The number of carbonyl (C=O) groups is 2. The molecule has 0 saturated carbocycles. The predicted molar refractivity (Wildman–Crippen MR) is 108 cm³/mol. The van der Waals surface area contributed by atoms with Gasteiger partial charge in [0.15, 0.2) is 10.9 Å². The molecule has 1 aliphatic carbocycles. The first-order valence-electron chi connectivity index (χ1n) is 9.39. The highest BCUT2D eigenvalue weighted by Crippen LogP contribution is 2.29. The van der Waals surface area contributed by atoms with Crippen LogP contribution >= 0.6 is 11.3 Å². The number of nitrogens with one attached hydrogen (secondary N) is 1. The van der Waals surface area contributed by atoms with E-state index in [1.807, 2.05) is 12.1 Å². The number of carbonyl (C=O) groups excluding carboxylic acids is 2. The summed E-state index contributed by atoms with van der Waals surface area (Å²) in [7, 11) is 0. The third-order valence-electron chi connectivity index (χ3n) is 4.55. The van der Waals surface area contributed by atoms with E-state index in [9.17, 15) is 9.59 Å². The summed E-state index contributed by atoms with van der Waals surface area (Å²) in [5.41, 5.74) is 2.21. The monoisotopic (exact) mass is 386 g/mol. The SMILES string of the molecule is CC(C)(C)c1ccc(OCCCC(=O)Nc2nc3c(s2)C(=O)CCC3)cc1. The smallest absolute Gasteiger partial charge is 0.226 e. The summed E-state index contributed by atoms with van der Waals surface area (Å²) in [6.07, 6.45) is 3.22. The summed E-state index contributed by atoms with van der Waals surface area (Å²) in [5, 5.41) is 3.33. The van der Waals surface area contributed by atoms with Crippen molar-refractivity contribution >= 4 is 28.2 Å². The molecule has 0 saturated heterocycles. The number of aromatic nitrogens is 1. The number of aryl methyl sites for hydroxylation is 1. The van der Waals surface area contributed by atoms with Crippen LogP contribution in [0.1, 0.15) is 67.4 Å². The Bertz CT molecular complexity index is 819. The van der Waals surface area contributed by atoms with Gasteiger partial charge in [-0.3, -0.25) is 9.59 Å². The maximum Gasteiger partial charge on any atom is 0.226 e. The largest absolute Gasteiger partial charge is 0.494 e. The molecule has 0 radical (unpaired) electrons. The van der Waals surface area contributed by atoms with Gasteiger partial charge in [-0.05, 0) is 42.4 Å². The molecular weight excluding hydrogens is 360 g/mol. The lowest BCUT2D eigenvalue weighted by Crippen LogP contribution is -2.13. The average molecular weight is 387 g/mol. The Balaban J connectivity index is 1.42. The number of hydrogen-bond donors (Lipinski definition) is 1. The van der Waals surface area contributed by atoms with Crippen LogP contribution in [-0.2, 0) is 16.6 Å². The molecular formula is C21H26N2O3S. The Morgan fingerprint density at radius 2 is 1.96 bits per heavy atom. The van der Waals surface area contributed by atoms with Gasteiger partial charge in [0, 0.05) is 12.8 Å². The minimum atomic E-state index is -0.0970. The van der Waals surface area contributed by atoms with Gasteiger partial charge in [-0.1, -0.05) is 44.2 Å². The van der Waals surface area contributed by atoms with Crippen molar-refractivity contribution in [3.05, 3.63) is 40.4 Å². The van der Waals surface area contributed by atoms with Crippen LogP contribution in [0.3, 0.4) is 0 Å². The van der Waals surface area contributed by atoms with Crippen molar-refractivity contribution in [2.75, 3.05) is 11.9 Å². The van der Waals surface area contributed by atoms with E-state index < -0.39 is 0 Å². The second-order valence-corrected chi connectivity index (χ2v) is 8.85. The molecule has 144 valence electrons. The van der Waals surface area contributed by atoms with Crippen molar-refractivity contribution in [1.29, 1.82) is 0 Å². The van der Waals surface area contributed by atoms with Crippen molar-refractivity contribution in [3.8, 4) is 5.75 Å². The van der Waals surface area contributed by atoms with E-state index in [-0.39, 0.29) is 17.1 Å². The van der Waals surface area contributed by atoms with Gasteiger partial charge in [0.2, 0.25) is 5.91 Å². The van der Waals surface area contributed by atoms with Crippen LogP contribution in [-0.4, -0.2) is 23.3 Å². The zero-order valence-corrected chi connectivity index (χ0v) is 16.9. The number of fused-ring (bicyclic) bond motifs is 1. The maximum atomic E-state index is 12.1. The second kappa shape index (κ2) is 8.21. The van der Waals surface area contributed by atoms with E-state index in [4.69, 9.17) is 4.74 Å². The van der Waals surface area contributed by atoms with Gasteiger partial charge in [-0.2, -0.15) is 0 Å². The number of thiazole rings is 1. The highest BCUT2D eigenvalue weighted by atomic mass is 32.1. The molecule has 6 heteroatoms. The predicted octanol–water partition coefficient (Wildman–Crippen LogP) is 4.76. The van der Waals surface area contributed by atoms with Crippen LogP contribution < -0.4 is 10.1 Å². The number of ether oxygens (including phenoxy) is 1. The minimum absolute atomic E-state index is 0.0970. The maximum absolute atomic E-state index is 12.1. The zero-order valence-electron chi connectivity index (χ0n) is 16.1. The van der Waals surface area contributed by atoms with E-state index >= 15 is 0 Å². The highest BCUT2D eigenvalue weighted by Gasteiger charge is 2.22. The lowest BCUT2D eigenvalue weighted by Gasteiger charge is -2.19. The third-order valence-corrected chi connectivity index (χ3v) is 5.61. The number of nitrogens with zero attached hydrogens (tertiary/aromatic N) is 1. The molecule has 27 heavy (non-hydrogen) atoms. The number of Topliss-reactive ketones (excluding diaryl/α,β-unsaturated/α-hetero) is 1. The van der Waals surface area contributed by atoms with E-state index in [1.54, 1.807) is 0 Å². The summed E-state index contributed by atoms with van der Waals surface area (Å²) in [5.74, 6) is 0.856. The minimum Gasteiger partial charge on any atom is -0.494 e. The molecule has 0 fully saturated rings. The molecule has 0 unspecified atom stereocenters. The topological polar surface area (TPSA) is 68.3 Å². The van der Waals surface area contributed by atoms with Gasteiger partial charge >= 0.3 is 0 Å². The molecule has 1 N–H and O–H groups in total. The van der Waals surface area contributed by atoms with Crippen molar-refractivity contribution < 1.29 is 14.3 Å². The average Bonchev–Trinajstić information content (AvgIpc) is 3.02. The van der Waals surface area contributed by atoms with Crippen LogP contribution in [0.2, 0.25) is 0 Å². The lowest BCUT2D eigenvalue weighted by molar-refractivity contribution is -0.116. The van der Waals surface area contributed by atoms with Gasteiger partial charge in [-0.15, -0.1) is 0 Å². The summed E-state index contributed by atoms with van der Waals surface area (Å²) in [6, 6.07) is 8.09. The fraction of sp³-hybridized carbons (Fsp3) is 0.476. The summed E-state index contributed by atoms with van der Waals surface area (Å²) in [4.78, 5) is 29.0. The Labute approximate surface area is 164 Å². The van der Waals surface area contributed by atoms with Crippen LogP contribution in [0, 0.1) is 0 Å². The summed E-state index contributed by atoms with van der Waals surface area (Å²) in [6.45, 7) is 7.01. The van der Waals surface area contributed by atoms with E-state index in [0.717, 1.165) is 24.3 Å². The van der Waals surface area contributed by atoms with Gasteiger partial charge in [0.05, 0.1) is 17.2 Å². The quantitative estimate of drug-likeness (QED) is 0.727. The standard InChI is InChI=1S/C21H26N2O3S/c1-21(2,3)14-9-11-15(12-10-14)26-13-5-8-18(25)23-20-22-16-6-4-7-17(24)19(16)27-20/h9-12H,4-8,13H2,1-3H3,(H,22,23,25). The van der Waals surface area contributed by atoms with Crippen LogP contribution in [0.5, 0.6) is 5.75 Å². The first kappa shape index (κ1) is 19.5. The molecule has 0 spiro atoms. The van der Waals surface area contributed by atoms with Gasteiger partial charge in [0.25, 0.3) is 0 Å². The van der Waals surface area contributed by atoms with Gasteiger partial charge < -0.3 is 10.1 Å². The number of amides is 1. The summed E-state index contributed by atoms with van der Waals surface area (Å²) < 4.78 is 5.72. The molecule has 1 heterocycles. The number of ketones is 1. The fourth-order valence-corrected chi connectivity index (χ4v) is 3.97. The molecule has 1 aromatic carbocycles. The highest BCUT2D eigenvalue weighted by molar-refractivity contribution is 7.17. The molecule has 0 atom stereocenters. The van der Waals surface area contributed by atoms with Crippen molar-refractivity contribution in [2.24, 2.45) is 0 Å². The Hall–Kier alpha value is -2.21. The van der Waals surface area contributed by atoms with Crippen LogP contribution in [0.25, 0.3) is 0 Å². The molecule has 3 rings (SSSR count). The zero-order chi connectivity index (χ0) is 19.4. The molecule has 2 aromatic rings. The Morgan fingerprint density at radius 1 is 1.22 bits per heavy atom. The Morgan fingerprint density at radius 3 is 2.63 bits per heavy atom. The molecule has 0 aliphatic heterocycles. The first-order chi connectivity index (χ1) is 12.8. The normalized spacial score (nSPS) is 14.0. The molecule has 1 aliphatic rings. The first-order valence-corrected chi connectivity index (χ1v) is 10.2. The summed E-state index contributed by atoms with van der Waals surface area (Å²) >= 11 is 1.29. The number of hydrogen-bond acceptors (Lipinski definition) is 5. The number of rotatable bonds is 6. The Kier molecular flexibility index (Phi) is 5.95. The number of benzene rings is 1. The van der Waals surface area contributed by atoms with Crippen LogP contribution in [0.15, 0.2) is 24.3 Å². The van der Waals surface area contributed by atoms with E-state index in [2.05, 4.69) is 43.2 Å². The lowest BCUT2D eigenvalue weighted by atomic mass is 9.87. The van der Waals surface area contributed by atoms with E-state index in [1.165, 1.54) is 16.9 Å². The van der Waals surface area contributed by atoms with Gasteiger partial charge in [0.1, 0.15) is 5.75 Å². The van der Waals surface area contributed by atoms with Crippen molar-refractivity contribution in [1.82, 2.24) is 4.98 Å².